The second kappa shape index (κ2) is 7.09. The highest BCUT2D eigenvalue weighted by atomic mass is 32.2. The Morgan fingerprint density at radius 2 is 1.73 bits per heavy atom. The first-order valence-corrected chi connectivity index (χ1v) is 12.1. The molecule has 0 amide bonds. The molecule has 1 fully saturated rings. The summed E-state index contributed by atoms with van der Waals surface area (Å²) >= 11 is 3.51. The third kappa shape index (κ3) is 3.56. The maximum absolute atomic E-state index is 11.6. The largest absolute Gasteiger partial charge is 0.496 e. The Kier molecular flexibility index (Phi) is 5.49. The number of methoxy groups -OCH3 is 2. The molecular weight excluding hydrogens is 396 g/mol. The first-order chi connectivity index (χ1) is 12.1. The van der Waals surface area contributed by atoms with Crippen LogP contribution in [-0.4, -0.2) is 57.2 Å². The number of aliphatic hydroxyl groups is 1. The fraction of sp³-hybridized carbons (Fsp3) is 0.647. The fourth-order valence-corrected chi connectivity index (χ4v) is 8.07. The van der Waals surface area contributed by atoms with Crippen LogP contribution in [0.3, 0.4) is 0 Å². The van der Waals surface area contributed by atoms with Gasteiger partial charge in [-0.15, -0.1) is 23.5 Å². The normalized spacial score (nSPS) is 25.7. The Balaban J connectivity index is 2.15. The lowest BCUT2D eigenvalue weighted by Gasteiger charge is -2.46. The van der Waals surface area contributed by atoms with Gasteiger partial charge in [0.2, 0.25) is 0 Å². The van der Waals surface area contributed by atoms with Gasteiger partial charge in [-0.25, -0.2) is 0 Å². The average molecular weight is 421 g/mol. The van der Waals surface area contributed by atoms with E-state index in [-0.39, 0.29) is 6.42 Å². The molecule has 1 spiro atoms. The second-order valence-corrected chi connectivity index (χ2v) is 11.3. The number of rotatable bonds is 5. The quantitative estimate of drug-likeness (QED) is 0.727. The first-order valence-electron chi connectivity index (χ1n) is 8.27. The van der Waals surface area contributed by atoms with Crippen molar-refractivity contribution in [2.24, 2.45) is 0 Å². The molecule has 1 N–H and O–H groups in total. The molecule has 0 aromatic heterocycles. The summed E-state index contributed by atoms with van der Waals surface area (Å²) < 4.78 is 39.1. The number of ether oxygens (including phenoxy) is 2. The predicted molar refractivity (Wildman–Crippen MR) is 105 cm³/mol. The zero-order chi connectivity index (χ0) is 19.2. The van der Waals surface area contributed by atoms with Crippen molar-refractivity contribution in [3.05, 3.63) is 23.3 Å². The van der Waals surface area contributed by atoms with Gasteiger partial charge >= 0.3 is 0 Å². The van der Waals surface area contributed by atoms with Crippen LogP contribution >= 0.6 is 23.5 Å². The monoisotopic (exact) mass is 420 g/mol. The van der Waals surface area contributed by atoms with Crippen molar-refractivity contribution >= 4 is 33.6 Å². The number of benzene rings is 1. The summed E-state index contributed by atoms with van der Waals surface area (Å²) in [6.07, 6.45) is 0.743. The Hall–Kier alpha value is -0.610. The third-order valence-corrected chi connectivity index (χ3v) is 8.95. The van der Waals surface area contributed by atoms with Crippen LogP contribution in [0.25, 0.3) is 0 Å². The maximum atomic E-state index is 11.6. The molecule has 6 nitrogen and oxygen atoms in total. The van der Waals surface area contributed by atoms with Gasteiger partial charge < -0.3 is 14.6 Å². The number of thioether (sulfide) groups is 2. The van der Waals surface area contributed by atoms with Crippen molar-refractivity contribution in [3.63, 3.8) is 0 Å². The van der Waals surface area contributed by atoms with Crippen molar-refractivity contribution in [3.8, 4) is 11.5 Å². The zero-order valence-electron chi connectivity index (χ0n) is 15.3. The van der Waals surface area contributed by atoms with E-state index < -0.39 is 25.9 Å². The van der Waals surface area contributed by atoms with E-state index in [1.54, 1.807) is 44.7 Å². The highest BCUT2D eigenvalue weighted by Gasteiger charge is 2.54. The lowest BCUT2D eigenvalue weighted by atomic mass is 9.76. The van der Waals surface area contributed by atoms with Crippen LogP contribution in [0.5, 0.6) is 11.5 Å². The van der Waals surface area contributed by atoms with Gasteiger partial charge in [-0.1, -0.05) is 0 Å². The first kappa shape index (κ1) is 20.1. The summed E-state index contributed by atoms with van der Waals surface area (Å²) in [6, 6.07) is 3.71. The van der Waals surface area contributed by atoms with Gasteiger partial charge in [-0.3, -0.25) is 4.18 Å². The van der Waals surface area contributed by atoms with E-state index in [1.165, 1.54) is 0 Å². The molecule has 2 atom stereocenters. The smallest absolute Gasteiger partial charge is 0.264 e. The summed E-state index contributed by atoms with van der Waals surface area (Å²) in [5.74, 6) is 3.32. The van der Waals surface area contributed by atoms with Crippen molar-refractivity contribution in [1.82, 2.24) is 0 Å². The Morgan fingerprint density at radius 3 is 2.27 bits per heavy atom. The summed E-state index contributed by atoms with van der Waals surface area (Å²) in [5, 5.41) is 11.4. The van der Waals surface area contributed by atoms with Crippen molar-refractivity contribution < 1.29 is 27.2 Å². The highest BCUT2D eigenvalue weighted by molar-refractivity contribution is 8.20. The molecule has 1 saturated heterocycles. The topological polar surface area (TPSA) is 82.1 Å². The summed E-state index contributed by atoms with van der Waals surface area (Å²) in [7, 11) is -0.455. The Bertz CT molecular complexity index is 788. The Morgan fingerprint density at radius 1 is 1.15 bits per heavy atom. The maximum Gasteiger partial charge on any atom is 0.264 e. The highest BCUT2D eigenvalue weighted by Crippen LogP contribution is 2.63. The number of hydrogen-bond acceptors (Lipinski definition) is 8. The van der Waals surface area contributed by atoms with Gasteiger partial charge in [0.1, 0.15) is 17.6 Å². The predicted octanol–water partition coefficient (Wildman–Crippen LogP) is 2.38. The van der Waals surface area contributed by atoms with Crippen LogP contribution in [0.4, 0.5) is 0 Å². The molecule has 9 heteroatoms. The molecule has 146 valence electrons. The van der Waals surface area contributed by atoms with Gasteiger partial charge in [0, 0.05) is 35.5 Å². The minimum atomic E-state index is -3.68. The van der Waals surface area contributed by atoms with Crippen molar-refractivity contribution in [2.45, 2.75) is 35.5 Å². The molecule has 1 aromatic carbocycles. The van der Waals surface area contributed by atoms with Crippen molar-refractivity contribution in [2.75, 3.05) is 32.0 Å². The molecule has 2 unspecified atom stereocenters. The molecule has 2 aliphatic rings. The van der Waals surface area contributed by atoms with Gasteiger partial charge in [0.15, 0.2) is 0 Å². The van der Waals surface area contributed by atoms with E-state index in [9.17, 15) is 13.5 Å². The summed E-state index contributed by atoms with van der Waals surface area (Å²) in [4.78, 5) is 0. The molecule has 1 aromatic rings. The number of hydrogen-bond donors (Lipinski definition) is 1. The molecule has 0 radical (unpaired) electrons. The molecule has 0 saturated carbocycles. The van der Waals surface area contributed by atoms with Crippen LogP contribution in [-0.2, 0) is 24.8 Å². The minimum Gasteiger partial charge on any atom is -0.496 e. The number of fused-ring (bicyclic) bond motifs is 2. The summed E-state index contributed by atoms with van der Waals surface area (Å²) in [5.41, 5.74) is 0.551. The van der Waals surface area contributed by atoms with E-state index in [2.05, 4.69) is 0 Å². The SMILES string of the molecule is COc1ccc(OC)c2c1CC(O)(C(C)OS(C)(=O)=O)CC21SCCS1. The average Bonchev–Trinajstić information content (AvgIpc) is 3.00. The molecular formula is C17H24O6S3. The zero-order valence-corrected chi connectivity index (χ0v) is 17.7. The van der Waals surface area contributed by atoms with Crippen LogP contribution in [0, 0.1) is 0 Å². The molecule has 1 heterocycles. The van der Waals surface area contributed by atoms with Gasteiger partial charge in [-0.2, -0.15) is 8.42 Å². The van der Waals surface area contributed by atoms with Crippen LogP contribution in [0.15, 0.2) is 12.1 Å². The van der Waals surface area contributed by atoms with Gasteiger partial charge in [0.25, 0.3) is 10.1 Å². The second-order valence-electron chi connectivity index (χ2n) is 6.67. The van der Waals surface area contributed by atoms with Crippen LogP contribution in [0.2, 0.25) is 0 Å². The molecule has 1 aliphatic heterocycles. The van der Waals surface area contributed by atoms with E-state index in [0.29, 0.717) is 12.2 Å². The molecule has 3 rings (SSSR count). The minimum absolute atomic E-state index is 0.238. The molecule has 0 bridgehead atoms. The summed E-state index contributed by atoms with van der Waals surface area (Å²) in [6.45, 7) is 1.61. The van der Waals surface area contributed by atoms with Gasteiger partial charge in [-0.05, 0) is 19.1 Å². The fourth-order valence-electron chi connectivity index (χ4n) is 3.76. The van der Waals surface area contributed by atoms with Gasteiger partial charge in [0.05, 0.1) is 30.2 Å². The van der Waals surface area contributed by atoms with E-state index >= 15 is 0 Å². The van der Waals surface area contributed by atoms with Crippen molar-refractivity contribution in [1.29, 1.82) is 0 Å². The Labute approximate surface area is 163 Å². The van der Waals surface area contributed by atoms with Crippen LogP contribution < -0.4 is 9.47 Å². The van der Waals surface area contributed by atoms with Crippen LogP contribution in [0.1, 0.15) is 24.5 Å². The van der Waals surface area contributed by atoms with E-state index in [4.69, 9.17) is 13.7 Å². The standard InChI is InChI=1S/C17H24O6S3/c1-11(23-26(4,19)20)16(18)9-12-13(21-2)5-6-14(22-3)15(12)17(10-16)24-7-8-25-17/h5-6,11,18H,7-10H2,1-4H3. The lowest BCUT2D eigenvalue weighted by Crippen LogP contribution is -2.51. The van der Waals surface area contributed by atoms with E-state index in [0.717, 1.165) is 34.6 Å². The third-order valence-electron chi connectivity index (χ3n) is 4.90. The van der Waals surface area contributed by atoms with E-state index in [1.807, 2.05) is 12.1 Å². The lowest BCUT2D eigenvalue weighted by molar-refractivity contribution is -0.0632. The molecule has 1 aliphatic carbocycles. The molecule has 26 heavy (non-hydrogen) atoms.